The number of hydrogen-bond acceptors (Lipinski definition) is 6. The number of rotatable bonds is 5. The van der Waals surface area contributed by atoms with Crippen LogP contribution in [0.15, 0.2) is 53.7 Å². The van der Waals surface area contributed by atoms with Crippen LogP contribution in [0.1, 0.15) is 10.4 Å². The third-order valence-corrected chi connectivity index (χ3v) is 2.56. The number of carbonyl (C=O) groups is 1. The number of nitroso groups, excluding NO2 is 1. The van der Waals surface area contributed by atoms with Gasteiger partial charge in [0.1, 0.15) is 11.4 Å². The summed E-state index contributed by atoms with van der Waals surface area (Å²) in [5.74, 6) is 0.136. The zero-order valence-corrected chi connectivity index (χ0v) is 10.7. The second kappa shape index (κ2) is 6.33. The lowest BCUT2D eigenvalue weighted by atomic mass is 10.2. The van der Waals surface area contributed by atoms with Crippen LogP contribution in [0.25, 0.3) is 0 Å². The molecule has 0 heterocycles. The van der Waals surface area contributed by atoms with E-state index < -0.39 is 5.97 Å². The van der Waals surface area contributed by atoms with Gasteiger partial charge in [0.05, 0.1) is 18.4 Å². The number of hydrogen-bond donors (Lipinski definition) is 1. The van der Waals surface area contributed by atoms with E-state index in [-0.39, 0.29) is 0 Å². The molecule has 0 aromatic heterocycles. The topological polar surface area (TPSA) is 77.0 Å². The molecule has 0 saturated carbocycles. The largest absolute Gasteiger partial charge is 0.497 e. The first kappa shape index (κ1) is 13.5. The molecule has 0 aliphatic rings. The van der Waals surface area contributed by atoms with E-state index in [1.807, 2.05) is 0 Å². The molecular formula is C14H12N2O4. The van der Waals surface area contributed by atoms with Gasteiger partial charge in [-0.25, -0.2) is 10.3 Å². The second-order valence-electron chi connectivity index (χ2n) is 3.86. The Labute approximate surface area is 115 Å². The number of methoxy groups -OCH3 is 1. The van der Waals surface area contributed by atoms with E-state index in [1.54, 1.807) is 43.5 Å². The number of anilines is 1. The highest BCUT2D eigenvalue weighted by molar-refractivity contribution is 5.90. The van der Waals surface area contributed by atoms with Gasteiger partial charge in [-0.15, -0.1) is 4.91 Å². The van der Waals surface area contributed by atoms with Gasteiger partial charge in [0.2, 0.25) is 0 Å². The zero-order chi connectivity index (χ0) is 14.4. The van der Waals surface area contributed by atoms with Crippen molar-refractivity contribution in [2.45, 2.75) is 0 Å². The van der Waals surface area contributed by atoms with Gasteiger partial charge in [-0.3, -0.25) is 0 Å². The quantitative estimate of drug-likeness (QED) is 0.667. The number of benzene rings is 2. The highest BCUT2D eigenvalue weighted by Gasteiger charge is 2.07. The van der Waals surface area contributed by atoms with Crippen LogP contribution in [0, 0.1) is 4.91 Å². The Morgan fingerprint density at radius 3 is 2.25 bits per heavy atom. The third-order valence-electron chi connectivity index (χ3n) is 2.56. The van der Waals surface area contributed by atoms with Crippen molar-refractivity contribution in [2.24, 2.45) is 5.18 Å². The molecule has 6 heteroatoms. The maximum atomic E-state index is 11.7. The average molecular weight is 272 g/mol. The van der Waals surface area contributed by atoms with Gasteiger partial charge in [0.15, 0.2) is 0 Å². The van der Waals surface area contributed by atoms with Crippen LogP contribution in [0.3, 0.4) is 0 Å². The second-order valence-corrected chi connectivity index (χ2v) is 3.86. The Kier molecular flexibility index (Phi) is 4.28. The smallest absolute Gasteiger partial charge is 0.362 e. The summed E-state index contributed by atoms with van der Waals surface area (Å²) in [7, 11) is 1.55. The molecule has 0 saturated heterocycles. The van der Waals surface area contributed by atoms with Gasteiger partial charge in [0.25, 0.3) is 0 Å². The zero-order valence-electron chi connectivity index (χ0n) is 10.7. The van der Waals surface area contributed by atoms with Gasteiger partial charge in [-0.1, -0.05) is 0 Å². The maximum absolute atomic E-state index is 11.7. The van der Waals surface area contributed by atoms with Crippen LogP contribution in [0.4, 0.5) is 11.4 Å². The molecule has 0 fully saturated rings. The molecule has 0 radical (unpaired) electrons. The Balaban J connectivity index is 1.94. The van der Waals surface area contributed by atoms with E-state index in [9.17, 15) is 9.70 Å². The summed E-state index contributed by atoms with van der Waals surface area (Å²) in [5.41, 5.74) is 3.74. The standard InChI is InChI=1S/C14H12N2O4/c1-19-13-8-2-10(3-9-13)14(17)20-16-12-6-4-11(15-18)5-7-12/h2-9,16H,1H3. The molecule has 0 amide bonds. The Hall–Kier alpha value is -2.89. The number of ether oxygens (including phenoxy) is 1. The fourth-order valence-corrected chi connectivity index (χ4v) is 1.48. The third kappa shape index (κ3) is 3.32. The molecule has 2 aromatic rings. The predicted molar refractivity (Wildman–Crippen MR) is 73.9 cm³/mol. The average Bonchev–Trinajstić information content (AvgIpc) is 2.53. The molecule has 0 aliphatic carbocycles. The van der Waals surface area contributed by atoms with Gasteiger partial charge >= 0.3 is 5.97 Å². The summed E-state index contributed by atoms with van der Waals surface area (Å²) in [6, 6.07) is 12.7. The molecule has 0 unspecified atom stereocenters. The highest BCUT2D eigenvalue weighted by atomic mass is 16.7. The minimum Gasteiger partial charge on any atom is -0.497 e. The van der Waals surface area contributed by atoms with Crippen LogP contribution in [-0.4, -0.2) is 13.1 Å². The van der Waals surface area contributed by atoms with E-state index in [1.165, 1.54) is 12.1 Å². The number of nitrogens with one attached hydrogen (secondary N) is 1. The molecule has 0 bridgehead atoms. The molecule has 0 aliphatic heterocycles. The number of nitrogens with zero attached hydrogens (tertiary/aromatic N) is 1. The Morgan fingerprint density at radius 1 is 1.05 bits per heavy atom. The molecule has 1 N–H and O–H groups in total. The van der Waals surface area contributed by atoms with Crippen LogP contribution >= 0.6 is 0 Å². The molecule has 0 atom stereocenters. The number of carbonyl (C=O) groups excluding carboxylic acids is 1. The first-order chi connectivity index (χ1) is 9.72. The monoisotopic (exact) mass is 272 g/mol. The molecular weight excluding hydrogens is 260 g/mol. The first-order valence-electron chi connectivity index (χ1n) is 5.77. The summed E-state index contributed by atoms with van der Waals surface area (Å²) < 4.78 is 5.00. The lowest BCUT2D eigenvalue weighted by Crippen LogP contribution is -2.10. The van der Waals surface area contributed by atoms with E-state index in [2.05, 4.69) is 10.7 Å². The van der Waals surface area contributed by atoms with Crippen molar-refractivity contribution < 1.29 is 14.4 Å². The fourth-order valence-electron chi connectivity index (χ4n) is 1.48. The highest BCUT2D eigenvalue weighted by Crippen LogP contribution is 2.16. The van der Waals surface area contributed by atoms with Crippen LogP contribution in [-0.2, 0) is 4.84 Å². The maximum Gasteiger partial charge on any atom is 0.362 e. The van der Waals surface area contributed by atoms with Crippen molar-refractivity contribution in [3.63, 3.8) is 0 Å². The SMILES string of the molecule is COc1ccc(C(=O)ONc2ccc(N=O)cc2)cc1. The molecule has 102 valence electrons. The van der Waals surface area contributed by atoms with Crippen molar-refractivity contribution in [1.29, 1.82) is 0 Å². The lowest BCUT2D eigenvalue weighted by molar-refractivity contribution is 0.0596. The molecule has 2 aromatic carbocycles. The first-order valence-corrected chi connectivity index (χ1v) is 5.77. The predicted octanol–water partition coefficient (Wildman–Crippen LogP) is 3.28. The van der Waals surface area contributed by atoms with Gasteiger partial charge in [0, 0.05) is 0 Å². The van der Waals surface area contributed by atoms with Crippen molar-refractivity contribution in [3.05, 3.63) is 59.0 Å². The van der Waals surface area contributed by atoms with Gasteiger partial charge in [-0.2, -0.15) is 0 Å². The Bertz CT molecular complexity index is 594. The van der Waals surface area contributed by atoms with E-state index in [0.717, 1.165) is 0 Å². The minimum atomic E-state index is -0.523. The summed E-state index contributed by atoms with van der Waals surface area (Å²) in [5, 5.41) is 2.77. The fraction of sp³-hybridized carbons (Fsp3) is 0.0714. The Morgan fingerprint density at radius 2 is 1.70 bits per heavy atom. The van der Waals surface area contributed by atoms with Gasteiger partial charge < -0.3 is 9.57 Å². The van der Waals surface area contributed by atoms with Crippen LogP contribution in [0.5, 0.6) is 5.75 Å². The normalized spacial score (nSPS) is 9.65. The van der Waals surface area contributed by atoms with E-state index >= 15 is 0 Å². The van der Waals surface area contributed by atoms with Crippen molar-refractivity contribution in [3.8, 4) is 5.75 Å². The van der Waals surface area contributed by atoms with E-state index in [0.29, 0.717) is 22.7 Å². The summed E-state index contributed by atoms with van der Waals surface area (Å²) in [6.07, 6.45) is 0. The van der Waals surface area contributed by atoms with Gasteiger partial charge in [-0.05, 0) is 53.7 Å². The minimum absolute atomic E-state index is 0.303. The van der Waals surface area contributed by atoms with Crippen LogP contribution in [0.2, 0.25) is 0 Å². The molecule has 0 spiro atoms. The van der Waals surface area contributed by atoms with Crippen molar-refractivity contribution >= 4 is 17.3 Å². The molecule has 6 nitrogen and oxygen atoms in total. The van der Waals surface area contributed by atoms with Crippen LogP contribution < -0.4 is 10.2 Å². The lowest BCUT2D eigenvalue weighted by Gasteiger charge is -2.07. The summed E-state index contributed by atoms with van der Waals surface area (Å²) in [6.45, 7) is 0. The molecule has 2 rings (SSSR count). The van der Waals surface area contributed by atoms with E-state index in [4.69, 9.17) is 9.57 Å². The van der Waals surface area contributed by atoms with Crippen molar-refractivity contribution in [2.75, 3.05) is 12.6 Å². The summed E-state index contributed by atoms with van der Waals surface area (Å²) in [4.78, 5) is 26.9. The molecule has 20 heavy (non-hydrogen) atoms. The van der Waals surface area contributed by atoms with Crippen molar-refractivity contribution in [1.82, 2.24) is 0 Å². The summed E-state index contributed by atoms with van der Waals surface area (Å²) >= 11 is 0.